The second-order valence-corrected chi connectivity index (χ2v) is 7.27. The Labute approximate surface area is 175 Å². The lowest BCUT2D eigenvalue weighted by molar-refractivity contribution is -0.145. The number of hydrogen-bond acceptors (Lipinski definition) is 5. The Balaban J connectivity index is 1.96. The Hall–Kier alpha value is -2.75. The lowest BCUT2D eigenvalue weighted by atomic mass is 9.94. The van der Waals surface area contributed by atoms with Crippen LogP contribution in [0.2, 0.25) is 0 Å². The van der Waals surface area contributed by atoms with Crippen LogP contribution in [-0.2, 0) is 11.2 Å². The van der Waals surface area contributed by atoms with Gasteiger partial charge in [0.05, 0.1) is 13.2 Å². The molecule has 10 heteroatoms. The highest BCUT2D eigenvalue weighted by atomic mass is 19.4. The summed E-state index contributed by atoms with van der Waals surface area (Å²) in [5.74, 6) is -2.30. The van der Waals surface area contributed by atoms with Crippen molar-refractivity contribution in [2.75, 3.05) is 26.7 Å². The summed E-state index contributed by atoms with van der Waals surface area (Å²) in [5.41, 5.74) is 0.714. The zero-order chi connectivity index (χ0) is 22.8. The summed E-state index contributed by atoms with van der Waals surface area (Å²) < 4.78 is 76.4. The van der Waals surface area contributed by atoms with Gasteiger partial charge in [-0.2, -0.15) is 13.2 Å². The van der Waals surface area contributed by atoms with E-state index in [1.54, 1.807) is 6.92 Å². The van der Waals surface area contributed by atoms with Crippen LogP contribution in [0.25, 0.3) is 11.1 Å². The van der Waals surface area contributed by atoms with Crippen molar-refractivity contribution in [1.82, 2.24) is 9.88 Å². The number of nitrogens with zero attached hydrogens (tertiary/aromatic N) is 2. The summed E-state index contributed by atoms with van der Waals surface area (Å²) >= 11 is 0. The van der Waals surface area contributed by atoms with Crippen molar-refractivity contribution in [3.63, 3.8) is 0 Å². The van der Waals surface area contributed by atoms with E-state index in [0.717, 1.165) is 17.0 Å². The van der Waals surface area contributed by atoms with Gasteiger partial charge in [0, 0.05) is 23.7 Å². The number of ether oxygens (including phenoxy) is 2. The molecule has 2 aromatic rings. The standard InChI is InChI=1S/C21H21F5N2O3/c1-3-30-20(29)18-9-16(14-6-4-12(22)8-17(14)23)15-7-5-13(31-19(15)27-18)10-28(2)11-21(24,25)26/h4,6,8-9,13H,3,5,7,10-11H2,1-2H3. The minimum absolute atomic E-state index is 0.00942. The summed E-state index contributed by atoms with van der Waals surface area (Å²) in [6.07, 6.45) is -4.24. The molecule has 1 aromatic carbocycles. The van der Waals surface area contributed by atoms with Crippen LogP contribution in [0.5, 0.6) is 5.88 Å². The maximum atomic E-state index is 14.5. The first-order valence-corrected chi connectivity index (χ1v) is 9.65. The van der Waals surface area contributed by atoms with Crippen molar-refractivity contribution in [2.24, 2.45) is 0 Å². The number of fused-ring (bicyclic) bond motifs is 1. The van der Waals surface area contributed by atoms with Gasteiger partial charge in [-0.15, -0.1) is 0 Å². The SMILES string of the molecule is CCOC(=O)c1cc(-c2ccc(F)cc2F)c2c(n1)OC(CN(C)CC(F)(F)F)CC2. The quantitative estimate of drug-likeness (QED) is 0.489. The molecule has 1 aliphatic heterocycles. The Morgan fingerprint density at radius 1 is 1.26 bits per heavy atom. The van der Waals surface area contributed by atoms with Crippen LogP contribution in [0.15, 0.2) is 24.3 Å². The molecular weight excluding hydrogens is 423 g/mol. The minimum atomic E-state index is -4.34. The molecule has 0 fully saturated rings. The molecule has 1 atom stereocenters. The van der Waals surface area contributed by atoms with Crippen molar-refractivity contribution in [3.8, 4) is 17.0 Å². The maximum Gasteiger partial charge on any atom is 0.401 e. The molecule has 0 radical (unpaired) electrons. The smallest absolute Gasteiger partial charge is 0.401 e. The Kier molecular flexibility index (Phi) is 6.78. The molecule has 1 aliphatic rings. The van der Waals surface area contributed by atoms with Gasteiger partial charge in [-0.25, -0.2) is 18.6 Å². The van der Waals surface area contributed by atoms with Gasteiger partial charge in [-0.1, -0.05) is 0 Å². The number of esters is 1. The highest BCUT2D eigenvalue weighted by molar-refractivity contribution is 5.90. The fourth-order valence-corrected chi connectivity index (χ4v) is 3.51. The molecule has 1 aromatic heterocycles. The summed E-state index contributed by atoms with van der Waals surface area (Å²) in [7, 11) is 1.33. The maximum absolute atomic E-state index is 14.5. The molecule has 0 saturated carbocycles. The molecule has 1 unspecified atom stereocenters. The van der Waals surface area contributed by atoms with Crippen LogP contribution in [0.3, 0.4) is 0 Å². The molecule has 2 heterocycles. The van der Waals surface area contributed by atoms with E-state index in [4.69, 9.17) is 9.47 Å². The van der Waals surface area contributed by atoms with E-state index < -0.39 is 36.4 Å². The normalized spacial score (nSPS) is 16.1. The van der Waals surface area contributed by atoms with Gasteiger partial charge >= 0.3 is 12.1 Å². The Morgan fingerprint density at radius 3 is 2.65 bits per heavy atom. The van der Waals surface area contributed by atoms with Gasteiger partial charge < -0.3 is 9.47 Å². The zero-order valence-corrected chi connectivity index (χ0v) is 16.9. The molecule has 3 rings (SSSR count). The van der Waals surface area contributed by atoms with E-state index in [0.29, 0.717) is 24.0 Å². The van der Waals surface area contributed by atoms with Crippen molar-refractivity contribution < 1.29 is 36.2 Å². The molecular formula is C21H21F5N2O3. The number of benzene rings is 1. The number of alkyl halides is 3. The zero-order valence-electron chi connectivity index (χ0n) is 16.9. The van der Waals surface area contributed by atoms with E-state index in [1.807, 2.05) is 0 Å². The van der Waals surface area contributed by atoms with Gasteiger partial charge in [0.2, 0.25) is 5.88 Å². The molecule has 0 bridgehead atoms. The monoisotopic (exact) mass is 444 g/mol. The molecule has 0 saturated heterocycles. The molecule has 0 N–H and O–H groups in total. The molecule has 0 aliphatic carbocycles. The van der Waals surface area contributed by atoms with Crippen LogP contribution < -0.4 is 4.74 Å². The lowest BCUT2D eigenvalue weighted by Gasteiger charge is -2.30. The van der Waals surface area contributed by atoms with Crippen LogP contribution in [0, 0.1) is 11.6 Å². The minimum Gasteiger partial charge on any atom is -0.473 e. The van der Waals surface area contributed by atoms with Crippen LogP contribution in [0.1, 0.15) is 29.4 Å². The summed E-state index contributed by atoms with van der Waals surface area (Å²) in [4.78, 5) is 17.5. The third-order valence-corrected chi connectivity index (χ3v) is 4.75. The summed E-state index contributed by atoms with van der Waals surface area (Å²) in [5, 5.41) is 0. The molecule has 0 amide bonds. The predicted octanol–water partition coefficient (Wildman–Crippen LogP) is 4.39. The van der Waals surface area contributed by atoms with Crippen LogP contribution in [-0.4, -0.2) is 54.9 Å². The first kappa shape index (κ1) is 22.9. The summed E-state index contributed by atoms with van der Waals surface area (Å²) in [6, 6.07) is 4.42. The number of carbonyl (C=O) groups excluding carboxylic acids is 1. The second kappa shape index (κ2) is 9.17. The fourth-order valence-electron chi connectivity index (χ4n) is 3.51. The van der Waals surface area contributed by atoms with Crippen molar-refractivity contribution >= 4 is 5.97 Å². The highest BCUT2D eigenvalue weighted by Crippen LogP contribution is 2.37. The largest absolute Gasteiger partial charge is 0.473 e. The van der Waals surface area contributed by atoms with Gasteiger partial charge in [0.15, 0.2) is 5.69 Å². The number of carbonyl (C=O) groups is 1. The van der Waals surface area contributed by atoms with E-state index in [-0.39, 0.29) is 30.3 Å². The third-order valence-electron chi connectivity index (χ3n) is 4.75. The Bertz CT molecular complexity index is 965. The first-order chi connectivity index (χ1) is 14.6. The van der Waals surface area contributed by atoms with Gasteiger partial charge in [-0.3, -0.25) is 4.90 Å². The van der Waals surface area contributed by atoms with E-state index in [1.165, 1.54) is 19.2 Å². The lowest BCUT2D eigenvalue weighted by Crippen LogP contribution is -2.40. The van der Waals surface area contributed by atoms with Crippen molar-refractivity contribution in [2.45, 2.75) is 32.0 Å². The van der Waals surface area contributed by atoms with Crippen molar-refractivity contribution in [3.05, 3.63) is 47.2 Å². The number of likely N-dealkylation sites (N-methyl/N-ethyl adjacent to an activating group) is 1. The third kappa shape index (κ3) is 5.69. The number of aromatic nitrogens is 1. The van der Waals surface area contributed by atoms with Gasteiger partial charge in [-0.05, 0) is 50.6 Å². The molecule has 168 valence electrons. The van der Waals surface area contributed by atoms with E-state index >= 15 is 0 Å². The summed E-state index contributed by atoms with van der Waals surface area (Å²) in [6.45, 7) is 0.593. The van der Waals surface area contributed by atoms with Crippen LogP contribution >= 0.6 is 0 Å². The topological polar surface area (TPSA) is 51.7 Å². The highest BCUT2D eigenvalue weighted by Gasteiger charge is 2.32. The molecule has 5 nitrogen and oxygen atoms in total. The van der Waals surface area contributed by atoms with Crippen LogP contribution in [0.4, 0.5) is 22.0 Å². The number of hydrogen-bond donors (Lipinski definition) is 0. The second-order valence-electron chi connectivity index (χ2n) is 7.27. The fraction of sp³-hybridized carbons (Fsp3) is 0.429. The number of rotatable bonds is 6. The number of pyridine rings is 1. The molecule has 0 spiro atoms. The van der Waals surface area contributed by atoms with Gasteiger partial charge in [0.25, 0.3) is 0 Å². The molecule has 31 heavy (non-hydrogen) atoms. The van der Waals surface area contributed by atoms with Gasteiger partial charge in [0.1, 0.15) is 17.7 Å². The average Bonchev–Trinajstić information content (AvgIpc) is 2.65. The number of halogens is 5. The van der Waals surface area contributed by atoms with E-state index in [9.17, 15) is 26.7 Å². The Morgan fingerprint density at radius 2 is 2.00 bits per heavy atom. The van der Waals surface area contributed by atoms with E-state index in [2.05, 4.69) is 4.98 Å². The first-order valence-electron chi connectivity index (χ1n) is 9.65. The average molecular weight is 444 g/mol. The predicted molar refractivity (Wildman–Crippen MR) is 102 cm³/mol. The van der Waals surface area contributed by atoms with Crippen molar-refractivity contribution in [1.29, 1.82) is 0 Å².